The van der Waals surface area contributed by atoms with Gasteiger partial charge in [0, 0.05) is 7.29 Å². The fourth-order valence-electron chi connectivity index (χ4n) is 7.43. The molecule has 0 aliphatic heterocycles. The van der Waals surface area contributed by atoms with Crippen LogP contribution >= 0.6 is 0 Å². The van der Waals surface area contributed by atoms with Crippen molar-refractivity contribution in [3.05, 3.63) is 0 Å². The summed E-state index contributed by atoms with van der Waals surface area (Å²) in [7, 11) is 0. The third-order valence-corrected chi connectivity index (χ3v) is 8.68. The molecule has 4 aliphatic carbocycles. The number of carbonyl (C=O) groups excluding carboxylic acids is 1. The maximum absolute atomic E-state index is 12.2. The summed E-state index contributed by atoms with van der Waals surface area (Å²) < 4.78 is 17.3. The molecular weight excluding hydrogens is 284 g/mol. The zero-order chi connectivity index (χ0) is 18.3. The summed E-state index contributed by atoms with van der Waals surface area (Å²) in [6, 6.07) is 0. The van der Waals surface area contributed by atoms with Crippen LogP contribution in [-0.2, 0) is 4.79 Å². The average Bonchev–Trinajstić information content (AvgIpc) is 2.85. The predicted octanol–water partition coefficient (Wildman–Crippen LogP) is 4.60. The molecule has 23 heavy (non-hydrogen) atoms. The summed E-state index contributed by atoms with van der Waals surface area (Å²) in [5.74, 6) is 1.73. The Morgan fingerprint density at radius 2 is 1.70 bits per heavy atom. The number of carbonyl (C=O) groups is 1. The van der Waals surface area contributed by atoms with Crippen LogP contribution in [0.15, 0.2) is 0 Å². The molecule has 4 aliphatic rings. The maximum Gasteiger partial charge on any atom is 0.133 e. The van der Waals surface area contributed by atoms with Crippen molar-refractivity contribution in [2.45, 2.75) is 84.6 Å². The minimum absolute atomic E-state index is 0.0845. The van der Waals surface area contributed by atoms with Crippen molar-refractivity contribution in [3.63, 3.8) is 0 Å². The first-order chi connectivity index (χ1) is 11.5. The number of Topliss-reactive ketones (excluding diaryl/α,β-unsaturated/α-hetero) is 1. The Morgan fingerprint density at radius 3 is 2.43 bits per heavy atom. The normalized spacial score (nSPS) is 63.3. The first kappa shape index (κ1) is 13.9. The Kier molecular flexibility index (Phi) is 3.20. The maximum atomic E-state index is 12.2. The Morgan fingerprint density at radius 1 is 1.00 bits per heavy atom. The zero-order valence-corrected chi connectivity index (χ0v) is 15.0. The van der Waals surface area contributed by atoms with Gasteiger partial charge in [-0.05, 0) is 99.2 Å². The van der Waals surface area contributed by atoms with Crippen LogP contribution in [-0.4, -0.2) is 17.0 Å². The van der Waals surface area contributed by atoms with Crippen molar-refractivity contribution in [1.29, 1.82) is 0 Å². The summed E-state index contributed by atoms with van der Waals surface area (Å²) in [6.07, 6.45) is 6.51. The van der Waals surface area contributed by atoms with Gasteiger partial charge in [0.2, 0.25) is 0 Å². The molecule has 130 valence electrons. The molecule has 0 spiro atoms. The van der Waals surface area contributed by atoms with Gasteiger partial charge in [0.25, 0.3) is 0 Å². The van der Waals surface area contributed by atoms with E-state index in [1.807, 2.05) is 0 Å². The molecule has 0 heterocycles. The predicted molar refractivity (Wildman–Crippen MR) is 91.9 cm³/mol. The van der Waals surface area contributed by atoms with E-state index in [9.17, 15) is 9.90 Å². The second-order valence-electron chi connectivity index (χ2n) is 9.46. The van der Waals surface area contributed by atoms with Gasteiger partial charge in [-0.1, -0.05) is 13.8 Å². The van der Waals surface area contributed by atoms with E-state index in [1.54, 1.807) is 6.92 Å². The largest absolute Gasteiger partial charge is 0.393 e. The van der Waals surface area contributed by atoms with Gasteiger partial charge in [-0.25, -0.2) is 0 Å². The number of hydrogen-bond donors (Lipinski definition) is 1. The van der Waals surface area contributed by atoms with E-state index in [4.69, 9.17) is 2.74 Å². The summed E-state index contributed by atoms with van der Waals surface area (Å²) in [6.45, 7) is 6.42. The highest BCUT2D eigenvalue weighted by atomic mass is 16.3. The average molecular weight is 321 g/mol. The molecule has 1 N–H and O–H groups in total. The SMILES string of the molecule is [2H][C@]1(O)CC[C@]2(C)[C@H]3CC[C@]4(C)[C@@H](C(C)=O)CC[C@H]4[C@@H]3CC[C@@]2([2H])C1. The fraction of sp³-hybridized carbons (Fsp3) is 0.952. The molecule has 0 aromatic carbocycles. The van der Waals surface area contributed by atoms with Gasteiger partial charge in [0.1, 0.15) is 5.78 Å². The van der Waals surface area contributed by atoms with E-state index in [2.05, 4.69) is 13.8 Å². The molecule has 0 unspecified atom stereocenters. The summed E-state index contributed by atoms with van der Waals surface area (Å²) in [4.78, 5) is 12.2. The van der Waals surface area contributed by atoms with E-state index in [-0.39, 0.29) is 16.7 Å². The van der Waals surface area contributed by atoms with Gasteiger partial charge in [-0.2, -0.15) is 0 Å². The molecule has 0 aromatic heterocycles. The Labute approximate surface area is 144 Å². The highest BCUT2D eigenvalue weighted by Crippen LogP contribution is 2.67. The van der Waals surface area contributed by atoms with Crippen LogP contribution < -0.4 is 0 Å². The summed E-state index contributed by atoms with van der Waals surface area (Å²) in [5, 5.41) is 10.3. The quantitative estimate of drug-likeness (QED) is 0.767. The lowest BCUT2D eigenvalue weighted by Crippen LogP contribution is -2.54. The highest BCUT2D eigenvalue weighted by molar-refractivity contribution is 5.79. The third kappa shape index (κ3) is 2.19. The Bertz CT molecular complexity index is 590. The molecule has 0 aromatic rings. The molecule has 0 bridgehead atoms. The molecule has 8 atom stereocenters. The van der Waals surface area contributed by atoms with E-state index >= 15 is 0 Å². The van der Waals surface area contributed by atoms with Crippen LogP contribution in [0, 0.1) is 40.4 Å². The van der Waals surface area contributed by atoms with Crippen molar-refractivity contribution < 1.29 is 12.6 Å². The van der Waals surface area contributed by atoms with Crippen LogP contribution in [0.2, 0.25) is 0 Å². The highest BCUT2D eigenvalue weighted by Gasteiger charge is 2.60. The fourth-order valence-corrected chi connectivity index (χ4v) is 7.43. The standard InChI is InChI=1S/C21H34O2/c1-13(22)17-6-7-18-16-5-4-14-12-15(23)8-10-20(14,2)19(16)9-11-21(17,18)3/h14-19,23H,4-12H2,1-3H3/t14-,15-,16-,17+,18-,19-,20-,21+/m0/s1/i14D,15D. The first-order valence-electron chi connectivity index (χ1n) is 10.8. The van der Waals surface area contributed by atoms with Crippen molar-refractivity contribution >= 4 is 5.78 Å². The molecular formula is C21H34O2. The molecule has 0 saturated heterocycles. The van der Waals surface area contributed by atoms with Gasteiger partial charge < -0.3 is 5.11 Å². The lowest BCUT2D eigenvalue weighted by molar-refractivity contribution is -0.138. The van der Waals surface area contributed by atoms with E-state index in [0.29, 0.717) is 36.4 Å². The summed E-state index contributed by atoms with van der Waals surface area (Å²) in [5.41, 5.74) is 0.0784. The van der Waals surface area contributed by atoms with Crippen LogP contribution in [0.25, 0.3) is 0 Å². The second kappa shape index (κ2) is 5.31. The number of aliphatic hydroxyl groups is 1. The lowest BCUT2D eigenvalue weighted by atomic mass is 9.44. The number of rotatable bonds is 1. The summed E-state index contributed by atoms with van der Waals surface area (Å²) >= 11 is 0. The number of ketones is 1. The van der Waals surface area contributed by atoms with Crippen LogP contribution in [0.1, 0.15) is 81.3 Å². The van der Waals surface area contributed by atoms with E-state index in [1.165, 1.54) is 6.42 Å². The monoisotopic (exact) mass is 320 g/mol. The van der Waals surface area contributed by atoms with Crippen LogP contribution in [0.3, 0.4) is 0 Å². The first-order valence-corrected chi connectivity index (χ1v) is 9.75. The smallest absolute Gasteiger partial charge is 0.133 e. The Hall–Kier alpha value is -0.370. The van der Waals surface area contributed by atoms with E-state index in [0.717, 1.165) is 38.5 Å². The van der Waals surface area contributed by atoms with Crippen LogP contribution in [0.5, 0.6) is 0 Å². The van der Waals surface area contributed by atoms with Gasteiger partial charge in [0.15, 0.2) is 0 Å². The molecule has 2 heteroatoms. The minimum atomic E-state index is -1.41. The molecule has 0 amide bonds. The second-order valence-corrected chi connectivity index (χ2v) is 9.46. The molecule has 0 radical (unpaired) electrons. The van der Waals surface area contributed by atoms with Gasteiger partial charge in [-0.3, -0.25) is 4.79 Å². The molecule has 4 rings (SSSR count). The number of hydrogen-bond acceptors (Lipinski definition) is 2. The third-order valence-electron chi connectivity index (χ3n) is 8.68. The van der Waals surface area contributed by atoms with E-state index < -0.39 is 12.0 Å². The van der Waals surface area contributed by atoms with Gasteiger partial charge in [0.05, 0.1) is 7.45 Å². The molecule has 4 saturated carbocycles. The Balaban J connectivity index is 1.65. The molecule has 2 nitrogen and oxygen atoms in total. The topological polar surface area (TPSA) is 37.3 Å². The van der Waals surface area contributed by atoms with Crippen molar-refractivity contribution in [2.75, 3.05) is 0 Å². The van der Waals surface area contributed by atoms with Gasteiger partial charge in [-0.15, -0.1) is 0 Å². The minimum Gasteiger partial charge on any atom is -0.393 e. The van der Waals surface area contributed by atoms with Crippen LogP contribution in [0.4, 0.5) is 0 Å². The lowest BCUT2D eigenvalue weighted by Gasteiger charge is -2.60. The number of fused-ring (bicyclic) bond motifs is 5. The van der Waals surface area contributed by atoms with Gasteiger partial charge >= 0.3 is 0 Å². The zero-order valence-electron chi connectivity index (χ0n) is 17.0. The molecule has 4 fully saturated rings. The van der Waals surface area contributed by atoms with Crippen molar-refractivity contribution in [1.82, 2.24) is 0 Å². The van der Waals surface area contributed by atoms with Crippen molar-refractivity contribution in [2.24, 2.45) is 40.4 Å². The van der Waals surface area contributed by atoms with Crippen molar-refractivity contribution in [3.8, 4) is 0 Å².